The molecule has 1 aliphatic rings. The second-order valence-electron chi connectivity index (χ2n) is 5.10. The molecule has 0 bridgehead atoms. The van der Waals surface area contributed by atoms with Crippen LogP contribution < -0.4 is 10.1 Å². The molecule has 0 aliphatic carbocycles. The van der Waals surface area contributed by atoms with Crippen LogP contribution >= 0.6 is 0 Å². The molecule has 0 aromatic heterocycles. The number of hydrogen-bond acceptors (Lipinski definition) is 3. The fraction of sp³-hybridized carbons (Fsp3) is 0.429. The summed E-state index contributed by atoms with van der Waals surface area (Å²) in [5.74, 6) is -1.81. The van der Waals surface area contributed by atoms with Gasteiger partial charge in [0.25, 0.3) is 0 Å². The maximum Gasteiger partial charge on any atom is 0.321 e. The van der Waals surface area contributed by atoms with Crippen LogP contribution in [0.25, 0.3) is 0 Å². The van der Waals surface area contributed by atoms with Gasteiger partial charge in [-0.2, -0.15) is 0 Å². The zero-order valence-corrected chi connectivity index (χ0v) is 11.8. The molecule has 6 nitrogen and oxygen atoms in total. The lowest BCUT2D eigenvalue weighted by Gasteiger charge is -2.17. The Bertz CT molecular complexity index is 564. The number of carboxylic acids is 1. The number of aliphatic carboxylic acids is 1. The van der Waals surface area contributed by atoms with Crippen LogP contribution in [0.3, 0.4) is 0 Å². The maximum absolute atomic E-state index is 13.7. The number of carboxylic acid groups (broad SMARTS) is 1. The van der Waals surface area contributed by atoms with E-state index in [2.05, 4.69) is 5.32 Å². The first-order chi connectivity index (χ1) is 9.92. The van der Waals surface area contributed by atoms with Gasteiger partial charge in [0.2, 0.25) is 0 Å². The molecule has 2 rings (SSSR count). The highest BCUT2D eigenvalue weighted by atomic mass is 19.1. The number of carbonyl (C=O) groups is 2. The number of carbonyl (C=O) groups excluding carboxylic acids is 1. The number of rotatable bonds is 3. The van der Waals surface area contributed by atoms with Gasteiger partial charge in [0.05, 0.1) is 18.7 Å². The van der Waals surface area contributed by atoms with E-state index >= 15 is 0 Å². The molecule has 2 amide bonds. The number of benzene rings is 1. The minimum absolute atomic E-state index is 0.00535. The Morgan fingerprint density at radius 2 is 2.14 bits per heavy atom. The van der Waals surface area contributed by atoms with Crippen molar-refractivity contribution in [3.63, 3.8) is 0 Å². The van der Waals surface area contributed by atoms with Gasteiger partial charge in [-0.05, 0) is 18.1 Å². The molecule has 7 heteroatoms. The van der Waals surface area contributed by atoms with Gasteiger partial charge in [0.15, 0.2) is 0 Å². The van der Waals surface area contributed by atoms with Crippen LogP contribution in [0.15, 0.2) is 18.2 Å². The average Bonchev–Trinajstić information content (AvgIpc) is 2.83. The van der Waals surface area contributed by atoms with Gasteiger partial charge in [0, 0.05) is 19.2 Å². The second kappa shape index (κ2) is 5.99. The minimum atomic E-state index is -0.926. The standard InChI is InChI=1S/C14H17FN2O4/c1-8-6-17(7-10(8)13(18)19)14(20)16-12-5-9(21-2)3-4-11(12)15/h3-5,8,10H,6-7H2,1-2H3,(H,16,20)(H,18,19). The van der Waals surface area contributed by atoms with Crippen molar-refractivity contribution in [1.29, 1.82) is 0 Å². The molecule has 1 aliphatic heterocycles. The van der Waals surface area contributed by atoms with E-state index < -0.39 is 23.7 Å². The van der Waals surface area contributed by atoms with Crippen LogP contribution in [0.2, 0.25) is 0 Å². The van der Waals surface area contributed by atoms with Gasteiger partial charge in [-0.3, -0.25) is 4.79 Å². The molecule has 0 saturated carbocycles. The van der Waals surface area contributed by atoms with E-state index in [1.54, 1.807) is 6.92 Å². The molecule has 2 N–H and O–H groups in total. The van der Waals surface area contributed by atoms with E-state index in [-0.39, 0.29) is 18.2 Å². The number of nitrogens with one attached hydrogen (secondary N) is 1. The van der Waals surface area contributed by atoms with Crippen LogP contribution in [-0.4, -0.2) is 42.2 Å². The molecule has 1 fully saturated rings. The molecular weight excluding hydrogens is 279 g/mol. The van der Waals surface area contributed by atoms with E-state index in [9.17, 15) is 14.0 Å². The number of anilines is 1. The molecule has 1 aromatic carbocycles. The van der Waals surface area contributed by atoms with Crippen molar-refractivity contribution in [3.8, 4) is 5.75 Å². The number of nitrogens with zero attached hydrogens (tertiary/aromatic N) is 1. The summed E-state index contributed by atoms with van der Waals surface area (Å²) in [5, 5.41) is 11.5. The summed E-state index contributed by atoms with van der Waals surface area (Å²) >= 11 is 0. The first-order valence-electron chi connectivity index (χ1n) is 6.54. The SMILES string of the molecule is COc1ccc(F)c(NC(=O)N2CC(C)C(C(=O)O)C2)c1. The molecule has 0 spiro atoms. The molecule has 1 heterocycles. The van der Waals surface area contributed by atoms with Crippen LogP contribution in [0.1, 0.15) is 6.92 Å². The Kier molecular flexibility index (Phi) is 4.30. The third kappa shape index (κ3) is 3.24. The van der Waals surface area contributed by atoms with Crippen LogP contribution in [0.4, 0.5) is 14.9 Å². The molecule has 1 saturated heterocycles. The van der Waals surface area contributed by atoms with Crippen molar-refractivity contribution in [2.45, 2.75) is 6.92 Å². The lowest BCUT2D eigenvalue weighted by atomic mass is 9.99. The highest BCUT2D eigenvalue weighted by Crippen LogP contribution is 2.25. The number of ether oxygens (including phenoxy) is 1. The van der Waals surface area contributed by atoms with Gasteiger partial charge in [-0.25, -0.2) is 9.18 Å². The van der Waals surface area contributed by atoms with E-state index in [4.69, 9.17) is 9.84 Å². The first kappa shape index (κ1) is 15.1. The predicted molar refractivity (Wildman–Crippen MR) is 73.8 cm³/mol. The number of likely N-dealkylation sites (tertiary alicyclic amines) is 1. The summed E-state index contributed by atoms with van der Waals surface area (Å²) in [7, 11) is 1.44. The van der Waals surface area contributed by atoms with Gasteiger partial charge in [-0.1, -0.05) is 6.92 Å². The monoisotopic (exact) mass is 296 g/mol. The van der Waals surface area contributed by atoms with Crippen molar-refractivity contribution in [1.82, 2.24) is 4.90 Å². The topological polar surface area (TPSA) is 78.9 Å². The number of hydrogen-bond donors (Lipinski definition) is 2. The molecule has 1 aromatic rings. The van der Waals surface area contributed by atoms with E-state index in [1.807, 2.05) is 0 Å². The molecule has 0 radical (unpaired) electrons. The lowest BCUT2D eigenvalue weighted by molar-refractivity contribution is -0.142. The van der Waals surface area contributed by atoms with Crippen molar-refractivity contribution in [2.24, 2.45) is 11.8 Å². The Labute approximate surface area is 121 Å². The zero-order chi connectivity index (χ0) is 15.6. The quantitative estimate of drug-likeness (QED) is 0.894. The van der Waals surface area contributed by atoms with Crippen LogP contribution in [-0.2, 0) is 4.79 Å². The van der Waals surface area contributed by atoms with Crippen LogP contribution in [0.5, 0.6) is 5.75 Å². The number of halogens is 1. The van der Waals surface area contributed by atoms with Gasteiger partial charge >= 0.3 is 12.0 Å². The van der Waals surface area contributed by atoms with Gasteiger partial charge in [0.1, 0.15) is 11.6 Å². The lowest BCUT2D eigenvalue weighted by Crippen LogP contribution is -2.34. The molecule has 114 valence electrons. The Morgan fingerprint density at radius 1 is 1.43 bits per heavy atom. The second-order valence-corrected chi connectivity index (χ2v) is 5.10. The summed E-state index contributed by atoms with van der Waals surface area (Å²) in [6.45, 7) is 2.22. The molecule has 21 heavy (non-hydrogen) atoms. The molecular formula is C14H17FN2O4. The predicted octanol–water partition coefficient (Wildman–Crippen LogP) is 2.02. The normalized spacial score (nSPS) is 21.2. The van der Waals surface area contributed by atoms with Crippen LogP contribution in [0, 0.1) is 17.7 Å². The highest BCUT2D eigenvalue weighted by molar-refractivity contribution is 5.90. The first-order valence-corrected chi connectivity index (χ1v) is 6.54. The van der Waals surface area contributed by atoms with Crippen molar-refractivity contribution >= 4 is 17.7 Å². The molecule has 2 unspecified atom stereocenters. The van der Waals surface area contributed by atoms with Crippen molar-refractivity contribution in [2.75, 3.05) is 25.5 Å². The van der Waals surface area contributed by atoms with E-state index in [0.29, 0.717) is 12.3 Å². The summed E-state index contributed by atoms with van der Waals surface area (Å²) in [6, 6.07) is 3.50. The molecule has 2 atom stereocenters. The third-order valence-electron chi connectivity index (χ3n) is 3.63. The fourth-order valence-electron chi connectivity index (χ4n) is 2.38. The smallest absolute Gasteiger partial charge is 0.321 e. The Hall–Kier alpha value is -2.31. The van der Waals surface area contributed by atoms with Crippen molar-refractivity contribution < 1.29 is 23.8 Å². The van der Waals surface area contributed by atoms with E-state index in [0.717, 1.165) is 0 Å². The third-order valence-corrected chi connectivity index (χ3v) is 3.63. The summed E-state index contributed by atoms with van der Waals surface area (Å²) < 4.78 is 18.6. The number of amides is 2. The zero-order valence-electron chi connectivity index (χ0n) is 11.8. The summed E-state index contributed by atoms with van der Waals surface area (Å²) in [5.41, 5.74) is 0.00535. The largest absolute Gasteiger partial charge is 0.497 e. The van der Waals surface area contributed by atoms with E-state index in [1.165, 1.54) is 30.2 Å². The van der Waals surface area contributed by atoms with Gasteiger partial charge < -0.3 is 20.1 Å². The minimum Gasteiger partial charge on any atom is -0.497 e. The van der Waals surface area contributed by atoms with Gasteiger partial charge in [-0.15, -0.1) is 0 Å². The number of methoxy groups -OCH3 is 1. The maximum atomic E-state index is 13.7. The fourth-order valence-corrected chi connectivity index (χ4v) is 2.38. The highest BCUT2D eigenvalue weighted by Gasteiger charge is 2.37. The summed E-state index contributed by atoms with van der Waals surface area (Å²) in [4.78, 5) is 24.5. The van der Waals surface area contributed by atoms with Crippen molar-refractivity contribution in [3.05, 3.63) is 24.0 Å². The Morgan fingerprint density at radius 3 is 2.71 bits per heavy atom. The summed E-state index contributed by atoms with van der Waals surface area (Å²) in [6.07, 6.45) is 0. The number of urea groups is 1. The average molecular weight is 296 g/mol. The Balaban J connectivity index is 2.07.